The SMILES string of the molecule is CCOc1cc(C2C3=CCC4C(=O)N(C(=O)OC)C(=O)C4C3CC3=C2C(=O)C=C(C)C3=O)ccc1O. The van der Waals surface area contributed by atoms with Crippen molar-refractivity contribution < 1.29 is 38.6 Å². The highest BCUT2D eigenvalue weighted by molar-refractivity contribution is 6.24. The summed E-state index contributed by atoms with van der Waals surface area (Å²) in [6.07, 6.45) is 2.46. The maximum Gasteiger partial charge on any atom is 0.423 e. The summed E-state index contributed by atoms with van der Waals surface area (Å²) >= 11 is 0. The molecule has 1 aliphatic heterocycles. The van der Waals surface area contributed by atoms with E-state index in [9.17, 15) is 29.1 Å². The summed E-state index contributed by atoms with van der Waals surface area (Å²) in [5.41, 5.74) is 2.32. The van der Waals surface area contributed by atoms with Gasteiger partial charge in [-0.3, -0.25) is 19.2 Å². The van der Waals surface area contributed by atoms with Gasteiger partial charge in [-0.1, -0.05) is 17.7 Å². The fourth-order valence-corrected chi connectivity index (χ4v) is 6.01. The third-order valence-corrected chi connectivity index (χ3v) is 7.54. The van der Waals surface area contributed by atoms with Gasteiger partial charge < -0.3 is 14.6 Å². The van der Waals surface area contributed by atoms with Gasteiger partial charge >= 0.3 is 6.09 Å². The number of likely N-dealkylation sites (tertiary alicyclic amines) is 1. The lowest BCUT2D eigenvalue weighted by atomic mass is 9.59. The van der Waals surface area contributed by atoms with Gasteiger partial charge in [0.2, 0.25) is 11.8 Å². The summed E-state index contributed by atoms with van der Waals surface area (Å²) in [6, 6.07) is 4.76. The summed E-state index contributed by atoms with van der Waals surface area (Å²) in [4.78, 5) is 65.6. The summed E-state index contributed by atoms with van der Waals surface area (Å²) < 4.78 is 10.2. The Kier molecular flexibility index (Phi) is 5.65. The zero-order chi connectivity index (χ0) is 25.9. The number of rotatable bonds is 3. The van der Waals surface area contributed by atoms with E-state index < -0.39 is 41.6 Å². The lowest BCUT2D eigenvalue weighted by molar-refractivity contribution is -0.137. The first-order chi connectivity index (χ1) is 17.2. The van der Waals surface area contributed by atoms with Crippen LogP contribution in [0.1, 0.15) is 38.2 Å². The monoisotopic (exact) mass is 491 g/mol. The molecule has 4 unspecified atom stereocenters. The number of ketones is 2. The standard InChI is InChI=1S/C27H25NO8/c1-4-36-20-10-13(5-8-18(20)29)21-14-6-7-15-22(26(33)28(25(15)32)27(34)35-3)16(14)11-17-23(21)19(30)9-12(2)24(17)31/h5-6,8-10,15-16,21-22,29H,4,7,11H2,1-3H3. The summed E-state index contributed by atoms with van der Waals surface area (Å²) in [5.74, 6) is -4.51. The van der Waals surface area contributed by atoms with Crippen molar-refractivity contribution in [2.24, 2.45) is 17.8 Å². The molecule has 1 aromatic carbocycles. The fourth-order valence-electron chi connectivity index (χ4n) is 6.01. The molecule has 0 radical (unpaired) electrons. The van der Waals surface area contributed by atoms with Crippen molar-refractivity contribution in [3.63, 3.8) is 0 Å². The van der Waals surface area contributed by atoms with E-state index in [1.165, 1.54) is 12.1 Å². The molecule has 1 heterocycles. The number of hydrogen-bond donors (Lipinski definition) is 1. The number of fused-ring (bicyclic) bond motifs is 3. The number of benzene rings is 1. The highest BCUT2D eigenvalue weighted by atomic mass is 16.5. The zero-order valence-corrected chi connectivity index (χ0v) is 20.1. The molecule has 5 rings (SSSR count). The van der Waals surface area contributed by atoms with E-state index >= 15 is 0 Å². The maximum atomic E-state index is 13.3. The van der Waals surface area contributed by atoms with Crippen LogP contribution in [0, 0.1) is 17.8 Å². The molecule has 0 saturated carbocycles. The van der Waals surface area contributed by atoms with Crippen LogP contribution in [-0.4, -0.2) is 53.2 Å². The van der Waals surface area contributed by atoms with E-state index in [-0.39, 0.29) is 35.9 Å². The van der Waals surface area contributed by atoms with Crippen LogP contribution < -0.4 is 4.74 Å². The molecule has 1 saturated heterocycles. The van der Waals surface area contributed by atoms with Crippen LogP contribution in [0.25, 0.3) is 0 Å². The Balaban J connectivity index is 1.68. The zero-order valence-electron chi connectivity index (χ0n) is 20.1. The smallest absolute Gasteiger partial charge is 0.423 e. The summed E-state index contributed by atoms with van der Waals surface area (Å²) in [5, 5.41) is 10.2. The van der Waals surface area contributed by atoms with E-state index in [2.05, 4.69) is 4.74 Å². The molecule has 0 aromatic heterocycles. The highest BCUT2D eigenvalue weighted by Gasteiger charge is 2.58. The molecular weight excluding hydrogens is 466 g/mol. The van der Waals surface area contributed by atoms with Crippen LogP contribution in [0.2, 0.25) is 0 Å². The first kappa shape index (κ1) is 23.7. The Labute approximate surface area is 207 Å². The van der Waals surface area contributed by atoms with E-state index in [0.29, 0.717) is 33.8 Å². The second kappa shape index (κ2) is 8.58. The number of Topliss-reactive ketones (excluding diaryl/α,β-unsaturated/α-hetero) is 1. The number of ether oxygens (including phenoxy) is 2. The molecule has 1 N–H and O–H groups in total. The van der Waals surface area contributed by atoms with Crippen molar-refractivity contribution in [2.45, 2.75) is 32.6 Å². The van der Waals surface area contributed by atoms with E-state index in [1.807, 2.05) is 6.08 Å². The predicted molar refractivity (Wildman–Crippen MR) is 125 cm³/mol. The number of imide groups is 3. The number of allylic oxidation sites excluding steroid dienone is 6. The lowest BCUT2D eigenvalue weighted by Crippen LogP contribution is -2.40. The molecule has 1 aromatic rings. The third kappa shape index (κ3) is 3.33. The second-order valence-electron chi connectivity index (χ2n) is 9.37. The van der Waals surface area contributed by atoms with Gasteiger partial charge in [-0.25, -0.2) is 4.79 Å². The largest absolute Gasteiger partial charge is 0.504 e. The minimum atomic E-state index is -1.03. The van der Waals surface area contributed by atoms with Gasteiger partial charge in [-0.05, 0) is 56.4 Å². The van der Waals surface area contributed by atoms with Crippen molar-refractivity contribution >= 4 is 29.5 Å². The molecule has 3 aliphatic carbocycles. The molecule has 0 spiro atoms. The van der Waals surface area contributed by atoms with Crippen LogP contribution in [0.15, 0.2) is 52.6 Å². The number of carbonyl (C=O) groups excluding carboxylic acids is 5. The van der Waals surface area contributed by atoms with Crippen molar-refractivity contribution in [1.82, 2.24) is 4.90 Å². The number of aromatic hydroxyl groups is 1. The number of nitrogens with zero attached hydrogens (tertiary/aromatic N) is 1. The molecule has 0 bridgehead atoms. The van der Waals surface area contributed by atoms with Gasteiger partial charge in [-0.2, -0.15) is 4.90 Å². The molecule has 4 aliphatic rings. The minimum absolute atomic E-state index is 0.0630. The van der Waals surface area contributed by atoms with Gasteiger partial charge in [0.05, 0.1) is 25.6 Å². The molecular formula is C27H25NO8. The third-order valence-electron chi connectivity index (χ3n) is 7.54. The Morgan fingerprint density at radius 2 is 1.89 bits per heavy atom. The van der Waals surface area contributed by atoms with Gasteiger partial charge in [0.15, 0.2) is 23.1 Å². The molecule has 1 fully saturated rings. The number of hydrogen-bond acceptors (Lipinski definition) is 8. The van der Waals surface area contributed by atoms with Crippen molar-refractivity contribution in [3.8, 4) is 11.5 Å². The number of carbonyl (C=O) groups is 5. The predicted octanol–water partition coefficient (Wildman–Crippen LogP) is 2.99. The molecule has 3 amide bonds. The number of phenolic OH excluding ortho intramolecular Hbond substituents is 1. The lowest BCUT2D eigenvalue weighted by Gasteiger charge is -2.42. The number of methoxy groups -OCH3 is 1. The maximum absolute atomic E-state index is 13.3. The van der Waals surface area contributed by atoms with Crippen molar-refractivity contribution in [1.29, 1.82) is 0 Å². The molecule has 36 heavy (non-hydrogen) atoms. The Morgan fingerprint density at radius 1 is 1.14 bits per heavy atom. The van der Waals surface area contributed by atoms with Gasteiger partial charge in [0.25, 0.3) is 0 Å². The van der Waals surface area contributed by atoms with Gasteiger partial charge in [0, 0.05) is 22.6 Å². The number of amides is 3. The van der Waals surface area contributed by atoms with E-state index in [1.54, 1.807) is 26.0 Å². The highest BCUT2D eigenvalue weighted by Crippen LogP contribution is 2.55. The Hall–Kier alpha value is -4.01. The van der Waals surface area contributed by atoms with Crippen LogP contribution in [-0.2, 0) is 23.9 Å². The first-order valence-electron chi connectivity index (χ1n) is 11.8. The molecule has 186 valence electrons. The normalized spacial score (nSPS) is 27.2. The molecule has 9 heteroatoms. The first-order valence-corrected chi connectivity index (χ1v) is 11.8. The van der Waals surface area contributed by atoms with Crippen molar-refractivity contribution in [3.05, 3.63) is 58.2 Å². The second-order valence-corrected chi connectivity index (χ2v) is 9.37. The molecule has 4 atom stereocenters. The molecule has 9 nitrogen and oxygen atoms in total. The average molecular weight is 491 g/mol. The summed E-state index contributed by atoms with van der Waals surface area (Å²) in [6.45, 7) is 3.66. The van der Waals surface area contributed by atoms with Crippen LogP contribution in [0.5, 0.6) is 11.5 Å². The fraction of sp³-hybridized carbons (Fsp3) is 0.370. The minimum Gasteiger partial charge on any atom is -0.504 e. The Bertz CT molecular complexity index is 1330. The van der Waals surface area contributed by atoms with Crippen LogP contribution >= 0.6 is 0 Å². The van der Waals surface area contributed by atoms with Gasteiger partial charge in [-0.15, -0.1) is 0 Å². The van der Waals surface area contributed by atoms with Crippen LogP contribution in [0.3, 0.4) is 0 Å². The quantitative estimate of drug-likeness (QED) is 0.388. The van der Waals surface area contributed by atoms with Crippen LogP contribution in [0.4, 0.5) is 4.79 Å². The van der Waals surface area contributed by atoms with Gasteiger partial charge in [0.1, 0.15) is 0 Å². The Morgan fingerprint density at radius 3 is 2.58 bits per heavy atom. The van der Waals surface area contributed by atoms with E-state index in [4.69, 9.17) is 4.74 Å². The van der Waals surface area contributed by atoms with E-state index in [0.717, 1.165) is 12.7 Å². The number of phenols is 1. The summed E-state index contributed by atoms with van der Waals surface area (Å²) in [7, 11) is 1.10. The van der Waals surface area contributed by atoms with Crippen molar-refractivity contribution in [2.75, 3.05) is 13.7 Å². The topological polar surface area (TPSA) is 127 Å². The average Bonchev–Trinajstić information content (AvgIpc) is 3.12.